The molecule has 1 aromatic heterocycles. The maximum Gasteiger partial charge on any atom is 0.341 e. The van der Waals surface area contributed by atoms with Crippen molar-refractivity contribution in [3.63, 3.8) is 0 Å². The van der Waals surface area contributed by atoms with Crippen molar-refractivity contribution in [1.29, 1.82) is 0 Å². The number of nitrogens with zero attached hydrogens (tertiary/aromatic N) is 3. The van der Waals surface area contributed by atoms with Gasteiger partial charge in [-0.1, -0.05) is 12.1 Å². The van der Waals surface area contributed by atoms with E-state index >= 15 is 4.39 Å². The number of aromatic carboxylic acids is 1. The molecule has 1 saturated heterocycles. The smallest absolute Gasteiger partial charge is 0.341 e. The number of nitrogens with two attached hydrogens (primary N) is 1. The van der Waals surface area contributed by atoms with Crippen molar-refractivity contribution in [3.05, 3.63) is 39.9 Å². The SMILES string of the molecule is CO/N=C1/CN(c2cc3c(cc2F)c(=O)c(C(=O)O)cn3C2CC2)C[C@]1(C)CN.Cl. The highest BCUT2D eigenvalue weighted by molar-refractivity contribution is 5.98. The molecule has 1 atom stereocenters. The number of carboxylic acids is 1. The zero-order chi connectivity index (χ0) is 20.9. The van der Waals surface area contributed by atoms with Gasteiger partial charge in [0.25, 0.3) is 0 Å². The largest absolute Gasteiger partial charge is 0.477 e. The predicted molar refractivity (Wildman–Crippen MR) is 114 cm³/mol. The molecular weight excluding hydrogens is 415 g/mol. The van der Waals surface area contributed by atoms with Gasteiger partial charge in [0.1, 0.15) is 18.5 Å². The summed E-state index contributed by atoms with van der Waals surface area (Å²) in [5, 5.41) is 13.5. The molecule has 0 bridgehead atoms. The van der Waals surface area contributed by atoms with Crippen LogP contribution in [0, 0.1) is 11.2 Å². The molecule has 0 radical (unpaired) electrons. The first-order chi connectivity index (χ1) is 13.8. The van der Waals surface area contributed by atoms with Crippen molar-refractivity contribution >= 4 is 40.7 Å². The van der Waals surface area contributed by atoms with Crippen LogP contribution in [0.4, 0.5) is 10.1 Å². The van der Waals surface area contributed by atoms with Gasteiger partial charge >= 0.3 is 5.97 Å². The highest BCUT2D eigenvalue weighted by Crippen LogP contribution is 2.39. The van der Waals surface area contributed by atoms with Gasteiger partial charge in [-0.3, -0.25) is 4.79 Å². The summed E-state index contributed by atoms with van der Waals surface area (Å²) in [6.45, 7) is 3.08. The third kappa shape index (κ3) is 3.52. The van der Waals surface area contributed by atoms with Gasteiger partial charge in [0.05, 0.1) is 23.5 Å². The number of carbonyl (C=O) groups is 1. The Kier molecular flexibility index (Phi) is 5.79. The van der Waals surface area contributed by atoms with Crippen LogP contribution in [0.2, 0.25) is 0 Å². The van der Waals surface area contributed by atoms with E-state index in [9.17, 15) is 14.7 Å². The Balaban J connectivity index is 0.00000256. The van der Waals surface area contributed by atoms with Gasteiger partial charge in [-0.25, -0.2) is 9.18 Å². The number of halogens is 2. The number of oxime groups is 1. The van der Waals surface area contributed by atoms with Crippen LogP contribution in [0.3, 0.4) is 0 Å². The summed E-state index contributed by atoms with van der Waals surface area (Å²) in [6, 6.07) is 2.89. The molecule has 2 aromatic rings. The summed E-state index contributed by atoms with van der Waals surface area (Å²) in [5.74, 6) is -1.90. The molecule has 162 valence electrons. The third-order valence-electron chi connectivity index (χ3n) is 5.84. The number of rotatable bonds is 5. The first kappa shape index (κ1) is 22.0. The van der Waals surface area contributed by atoms with Crippen LogP contribution in [0.5, 0.6) is 0 Å². The fourth-order valence-corrected chi connectivity index (χ4v) is 3.95. The molecule has 0 amide bonds. The van der Waals surface area contributed by atoms with Crippen LogP contribution in [0.15, 0.2) is 28.3 Å². The molecule has 2 heterocycles. The van der Waals surface area contributed by atoms with E-state index in [0.29, 0.717) is 30.8 Å². The molecule has 10 heteroatoms. The highest BCUT2D eigenvalue weighted by atomic mass is 35.5. The molecule has 1 saturated carbocycles. The van der Waals surface area contributed by atoms with Gasteiger partial charge in [-0.15, -0.1) is 12.4 Å². The second-order valence-electron chi connectivity index (χ2n) is 7.98. The van der Waals surface area contributed by atoms with Crippen LogP contribution in [0.25, 0.3) is 10.9 Å². The van der Waals surface area contributed by atoms with Crippen molar-refractivity contribution in [2.75, 3.05) is 31.6 Å². The fourth-order valence-electron chi connectivity index (χ4n) is 3.95. The third-order valence-corrected chi connectivity index (χ3v) is 5.84. The van der Waals surface area contributed by atoms with Crippen LogP contribution in [0.1, 0.15) is 36.2 Å². The summed E-state index contributed by atoms with van der Waals surface area (Å²) in [6.07, 6.45) is 3.16. The number of aromatic nitrogens is 1. The van der Waals surface area contributed by atoms with Crippen molar-refractivity contribution in [2.24, 2.45) is 16.3 Å². The van der Waals surface area contributed by atoms with Crippen molar-refractivity contribution in [3.8, 4) is 0 Å². The normalized spacial score (nSPS) is 22.4. The minimum Gasteiger partial charge on any atom is -0.477 e. The van der Waals surface area contributed by atoms with Crippen LogP contribution >= 0.6 is 12.4 Å². The fraction of sp³-hybridized carbons (Fsp3) is 0.450. The molecule has 2 aliphatic rings. The van der Waals surface area contributed by atoms with E-state index in [0.717, 1.165) is 24.6 Å². The van der Waals surface area contributed by atoms with Gasteiger partial charge in [0.2, 0.25) is 5.43 Å². The number of hydrogen-bond donors (Lipinski definition) is 2. The molecule has 2 fully saturated rings. The summed E-state index contributed by atoms with van der Waals surface area (Å²) in [5.41, 5.74) is 6.05. The van der Waals surface area contributed by atoms with E-state index in [1.54, 1.807) is 10.6 Å². The predicted octanol–water partition coefficient (Wildman–Crippen LogP) is 2.38. The lowest BCUT2D eigenvalue weighted by molar-refractivity contribution is 0.0695. The topological polar surface area (TPSA) is 110 Å². The van der Waals surface area contributed by atoms with Crippen molar-refractivity contribution < 1.29 is 19.1 Å². The Bertz CT molecular complexity index is 1100. The Morgan fingerprint density at radius 3 is 2.70 bits per heavy atom. The zero-order valence-corrected chi connectivity index (χ0v) is 17.5. The van der Waals surface area contributed by atoms with E-state index in [-0.39, 0.29) is 29.4 Å². The maximum absolute atomic E-state index is 15.1. The number of hydrogen-bond acceptors (Lipinski definition) is 6. The van der Waals surface area contributed by atoms with Gasteiger partial charge in [-0.2, -0.15) is 0 Å². The first-order valence-electron chi connectivity index (χ1n) is 9.46. The molecule has 0 spiro atoms. The first-order valence-corrected chi connectivity index (χ1v) is 9.46. The number of carboxylic acid groups (broad SMARTS) is 1. The monoisotopic (exact) mass is 438 g/mol. The summed E-state index contributed by atoms with van der Waals surface area (Å²) >= 11 is 0. The van der Waals surface area contributed by atoms with Gasteiger partial charge < -0.3 is 25.1 Å². The van der Waals surface area contributed by atoms with E-state index in [1.165, 1.54) is 13.3 Å². The van der Waals surface area contributed by atoms with Crippen LogP contribution in [-0.4, -0.2) is 48.1 Å². The molecular formula is C20H24ClFN4O4. The summed E-state index contributed by atoms with van der Waals surface area (Å²) in [7, 11) is 1.46. The number of pyridine rings is 1. The van der Waals surface area contributed by atoms with E-state index in [1.807, 2.05) is 11.8 Å². The quantitative estimate of drug-likeness (QED) is 0.693. The Hall–Kier alpha value is -2.65. The van der Waals surface area contributed by atoms with Crippen molar-refractivity contribution in [1.82, 2.24) is 4.57 Å². The van der Waals surface area contributed by atoms with Gasteiger partial charge in [-0.05, 0) is 25.0 Å². The molecule has 0 unspecified atom stereocenters. The van der Waals surface area contributed by atoms with Gasteiger partial charge in [0, 0.05) is 36.1 Å². The lowest BCUT2D eigenvalue weighted by atomic mass is 9.88. The molecule has 1 aliphatic heterocycles. The molecule has 4 rings (SSSR count). The maximum atomic E-state index is 15.1. The number of anilines is 1. The highest BCUT2D eigenvalue weighted by Gasteiger charge is 2.41. The van der Waals surface area contributed by atoms with E-state index in [4.69, 9.17) is 10.6 Å². The molecule has 1 aliphatic carbocycles. The molecule has 8 nitrogen and oxygen atoms in total. The second-order valence-corrected chi connectivity index (χ2v) is 7.98. The van der Waals surface area contributed by atoms with Gasteiger partial charge in [0.15, 0.2) is 0 Å². The minimum absolute atomic E-state index is 0. The van der Waals surface area contributed by atoms with Crippen LogP contribution in [-0.2, 0) is 4.84 Å². The lowest BCUT2D eigenvalue weighted by Crippen LogP contribution is -2.35. The Morgan fingerprint density at radius 1 is 1.43 bits per heavy atom. The summed E-state index contributed by atoms with van der Waals surface area (Å²) in [4.78, 5) is 30.8. The lowest BCUT2D eigenvalue weighted by Gasteiger charge is -2.24. The molecule has 3 N–H and O–H groups in total. The minimum atomic E-state index is -1.31. The van der Waals surface area contributed by atoms with Crippen molar-refractivity contribution in [2.45, 2.75) is 25.8 Å². The standard InChI is InChI=1S/C20H23FN4O4.ClH/c1-20(9-22)10-24(8-17(20)23-29-2)16-6-15-12(5-14(16)21)18(26)13(19(27)28)7-25(15)11-3-4-11;/h5-7,11H,3-4,8-10,22H2,1-2H3,(H,27,28);1H/b23-17-;/t20-;/m0./s1. The molecule has 1 aromatic carbocycles. The zero-order valence-electron chi connectivity index (χ0n) is 16.7. The Labute approximate surface area is 178 Å². The second kappa shape index (κ2) is 7.88. The molecule has 30 heavy (non-hydrogen) atoms. The average molecular weight is 439 g/mol. The number of fused-ring (bicyclic) bond motifs is 1. The Morgan fingerprint density at radius 2 is 2.13 bits per heavy atom. The van der Waals surface area contributed by atoms with E-state index < -0.39 is 22.6 Å². The van der Waals surface area contributed by atoms with E-state index in [2.05, 4.69) is 5.16 Å². The van der Waals surface area contributed by atoms with Crippen LogP contribution < -0.4 is 16.1 Å². The summed E-state index contributed by atoms with van der Waals surface area (Å²) < 4.78 is 16.8. The average Bonchev–Trinajstić information content (AvgIpc) is 3.47. The number of benzene rings is 1.